The predicted octanol–water partition coefficient (Wildman–Crippen LogP) is 8.42. The fourth-order valence-electron chi connectivity index (χ4n) is 7.21. The molecule has 2 aromatic carbocycles. The number of unbranched alkanes of at least 4 members (excludes halogenated alkanes) is 2. The molecule has 0 saturated heterocycles. The van der Waals surface area contributed by atoms with Crippen molar-refractivity contribution in [1.29, 1.82) is 0 Å². The second-order valence-corrected chi connectivity index (χ2v) is 12.0. The first kappa shape index (κ1) is 25.8. The third-order valence-electron chi connectivity index (χ3n) is 8.74. The molecule has 2 aromatic rings. The van der Waals surface area contributed by atoms with Crippen molar-refractivity contribution < 1.29 is 14.6 Å². The molecule has 4 fully saturated rings. The van der Waals surface area contributed by atoms with Gasteiger partial charge in [0.2, 0.25) is 0 Å². The Hall–Kier alpha value is -2.81. The number of esters is 1. The van der Waals surface area contributed by atoms with E-state index in [1.807, 2.05) is 6.08 Å². The fraction of sp³-hybridized carbons (Fsp3) is 0.500. The largest absolute Gasteiger partial charge is 0.508 e. The van der Waals surface area contributed by atoms with Gasteiger partial charge in [-0.05, 0) is 109 Å². The molecule has 0 unspecified atom stereocenters. The van der Waals surface area contributed by atoms with Gasteiger partial charge in [-0.2, -0.15) is 0 Å². The smallest absolute Gasteiger partial charge is 0.330 e. The normalized spacial score (nSPS) is 24.2. The maximum Gasteiger partial charge on any atom is 0.330 e. The summed E-state index contributed by atoms with van der Waals surface area (Å²) >= 11 is 0. The van der Waals surface area contributed by atoms with E-state index in [-0.39, 0.29) is 5.97 Å². The highest BCUT2D eigenvalue weighted by molar-refractivity contribution is 5.87. The van der Waals surface area contributed by atoms with Crippen LogP contribution >= 0.6 is 0 Å². The molecule has 1 N–H and O–H groups in total. The number of allylic oxidation sites excluding steroid dienone is 1. The molecule has 0 spiro atoms. The van der Waals surface area contributed by atoms with Gasteiger partial charge in [0.25, 0.3) is 0 Å². The molecule has 0 heterocycles. The summed E-state index contributed by atoms with van der Waals surface area (Å²) in [5.74, 6) is 3.99. The third kappa shape index (κ3) is 6.37. The number of rotatable bonds is 10. The molecular weight excluding hydrogens is 456 g/mol. The number of ether oxygens (including phenoxy) is 1. The lowest BCUT2D eigenvalue weighted by Crippen LogP contribution is -2.40. The number of carbonyl (C=O) groups excluding carboxylic acids is 1. The SMILES string of the molecule is CC(C)CCCCCOC(=O)/C=C/c1ccc(C(=C2C3CC4CC(C3)CC2C4)c2ccc(O)cc2)cc1. The van der Waals surface area contributed by atoms with Crippen molar-refractivity contribution >= 4 is 17.6 Å². The van der Waals surface area contributed by atoms with Crippen molar-refractivity contribution in [1.82, 2.24) is 0 Å². The Kier molecular flexibility index (Phi) is 8.17. The quantitative estimate of drug-likeness (QED) is 0.203. The number of benzene rings is 2. The molecule has 0 amide bonds. The first-order chi connectivity index (χ1) is 18.0. The van der Waals surface area contributed by atoms with Crippen LogP contribution in [0.3, 0.4) is 0 Å². The van der Waals surface area contributed by atoms with E-state index in [9.17, 15) is 9.90 Å². The minimum atomic E-state index is -0.270. The minimum Gasteiger partial charge on any atom is -0.508 e. The zero-order chi connectivity index (χ0) is 25.8. The zero-order valence-electron chi connectivity index (χ0n) is 22.5. The van der Waals surface area contributed by atoms with Crippen LogP contribution in [0.4, 0.5) is 0 Å². The van der Waals surface area contributed by atoms with E-state index in [0.29, 0.717) is 24.2 Å². The predicted molar refractivity (Wildman–Crippen MR) is 151 cm³/mol. The molecule has 0 aliphatic heterocycles. The van der Waals surface area contributed by atoms with E-state index >= 15 is 0 Å². The van der Waals surface area contributed by atoms with Crippen LogP contribution < -0.4 is 0 Å². The summed E-state index contributed by atoms with van der Waals surface area (Å²) in [6.07, 6.45) is 14.7. The standard InChI is InChI=1S/C34H42O3/c1-23(2)6-4-3-5-17-37-32(36)16-9-24-7-10-27(11-8-24)33(28-12-14-31(35)15-13-28)34-29-19-25-18-26(21-29)22-30(34)20-25/h7-16,23,25-26,29-30,35H,3-6,17-22H2,1-2H3/b16-9+,34-33?. The summed E-state index contributed by atoms with van der Waals surface area (Å²) in [7, 11) is 0. The Bertz CT molecular complexity index is 1090. The number of phenols is 1. The van der Waals surface area contributed by atoms with Gasteiger partial charge in [-0.15, -0.1) is 0 Å². The van der Waals surface area contributed by atoms with Gasteiger partial charge in [-0.3, -0.25) is 0 Å². The lowest BCUT2D eigenvalue weighted by atomic mass is 9.53. The van der Waals surface area contributed by atoms with Crippen LogP contribution in [0.2, 0.25) is 0 Å². The number of carbonyl (C=O) groups is 1. The summed E-state index contributed by atoms with van der Waals surface area (Å²) in [4.78, 5) is 12.2. The summed E-state index contributed by atoms with van der Waals surface area (Å²) in [5, 5.41) is 9.91. The molecule has 37 heavy (non-hydrogen) atoms. The van der Waals surface area contributed by atoms with Crippen LogP contribution in [0.15, 0.2) is 60.2 Å². The van der Waals surface area contributed by atoms with Crippen molar-refractivity contribution in [3.63, 3.8) is 0 Å². The average molecular weight is 499 g/mol. The van der Waals surface area contributed by atoms with Crippen molar-refractivity contribution in [3.8, 4) is 5.75 Å². The number of hydrogen-bond donors (Lipinski definition) is 1. The van der Waals surface area contributed by atoms with Gasteiger partial charge in [0.15, 0.2) is 0 Å². The number of hydrogen-bond acceptors (Lipinski definition) is 3. The molecule has 4 aliphatic carbocycles. The molecular formula is C34H42O3. The Morgan fingerprint density at radius 3 is 2.05 bits per heavy atom. The Balaban J connectivity index is 1.29. The topological polar surface area (TPSA) is 46.5 Å². The first-order valence-corrected chi connectivity index (χ1v) is 14.4. The van der Waals surface area contributed by atoms with Crippen molar-refractivity contribution in [2.75, 3.05) is 6.61 Å². The minimum absolute atomic E-state index is 0.270. The van der Waals surface area contributed by atoms with Crippen LogP contribution in [-0.4, -0.2) is 17.7 Å². The molecule has 4 bridgehead atoms. The van der Waals surface area contributed by atoms with Crippen molar-refractivity contribution in [2.45, 2.75) is 71.6 Å². The molecule has 3 nitrogen and oxygen atoms in total. The highest BCUT2D eigenvalue weighted by Gasteiger charge is 2.46. The van der Waals surface area contributed by atoms with E-state index in [0.717, 1.165) is 36.2 Å². The van der Waals surface area contributed by atoms with Crippen molar-refractivity contribution in [2.24, 2.45) is 29.6 Å². The zero-order valence-corrected chi connectivity index (χ0v) is 22.5. The van der Waals surface area contributed by atoms with Crippen LogP contribution in [0.25, 0.3) is 11.6 Å². The molecule has 0 atom stereocenters. The van der Waals surface area contributed by atoms with E-state index in [2.05, 4.69) is 50.2 Å². The molecule has 4 saturated carbocycles. The van der Waals surface area contributed by atoms with Gasteiger partial charge in [-0.1, -0.05) is 75.1 Å². The third-order valence-corrected chi connectivity index (χ3v) is 8.74. The summed E-state index contributed by atoms with van der Waals surface area (Å²) in [5.41, 5.74) is 6.44. The summed E-state index contributed by atoms with van der Waals surface area (Å²) in [6, 6.07) is 16.3. The molecule has 4 aliphatic rings. The van der Waals surface area contributed by atoms with E-state index < -0.39 is 0 Å². The highest BCUT2D eigenvalue weighted by Crippen LogP contribution is 2.58. The summed E-state index contributed by atoms with van der Waals surface area (Å²) < 4.78 is 5.38. The lowest BCUT2D eigenvalue weighted by Gasteiger charge is -2.52. The van der Waals surface area contributed by atoms with Gasteiger partial charge in [-0.25, -0.2) is 4.79 Å². The second-order valence-electron chi connectivity index (χ2n) is 12.0. The van der Waals surface area contributed by atoms with E-state index in [4.69, 9.17) is 4.74 Å². The van der Waals surface area contributed by atoms with Crippen LogP contribution in [0.1, 0.15) is 88.3 Å². The maximum absolute atomic E-state index is 12.2. The van der Waals surface area contributed by atoms with Gasteiger partial charge in [0.1, 0.15) is 5.75 Å². The highest BCUT2D eigenvalue weighted by atomic mass is 16.5. The Morgan fingerprint density at radius 2 is 1.46 bits per heavy atom. The fourth-order valence-corrected chi connectivity index (χ4v) is 7.21. The van der Waals surface area contributed by atoms with Gasteiger partial charge in [0, 0.05) is 6.08 Å². The Labute approximate surface area is 222 Å². The van der Waals surface area contributed by atoms with Crippen LogP contribution in [-0.2, 0) is 9.53 Å². The van der Waals surface area contributed by atoms with E-state index in [1.165, 1.54) is 61.6 Å². The van der Waals surface area contributed by atoms with Gasteiger partial charge in [0.05, 0.1) is 6.61 Å². The van der Waals surface area contributed by atoms with Gasteiger partial charge >= 0.3 is 5.97 Å². The van der Waals surface area contributed by atoms with Crippen LogP contribution in [0, 0.1) is 29.6 Å². The van der Waals surface area contributed by atoms with E-state index in [1.54, 1.807) is 23.8 Å². The molecule has 0 radical (unpaired) electrons. The monoisotopic (exact) mass is 498 g/mol. The number of aromatic hydroxyl groups is 1. The molecule has 6 rings (SSSR count). The average Bonchev–Trinajstić information content (AvgIpc) is 2.87. The maximum atomic E-state index is 12.2. The lowest BCUT2D eigenvalue weighted by molar-refractivity contribution is -0.137. The summed E-state index contributed by atoms with van der Waals surface area (Å²) in [6.45, 7) is 4.98. The first-order valence-electron chi connectivity index (χ1n) is 14.4. The van der Waals surface area contributed by atoms with Crippen molar-refractivity contribution in [3.05, 3.63) is 76.9 Å². The van der Waals surface area contributed by atoms with Gasteiger partial charge < -0.3 is 9.84 Å². The Morgan fingerprint density at radius 1 is 0.865 bits per heavy atom. The molecule has 196 valence electrons. The second kappa shape index (κ2) is 11.7. The van der Waals surface area contributed by atoms with Crippen LogP contribution in [0.5, 0.6) is 5.75 Å². The molecule has 3 heteroatoms. The number of phenolic OH excluding ortho intramolecular Hbond substituents is 1. The molecule has 0 aromatic heterocycles.